The molecule has 0 aliphatic rings. The Balaban J connectivity index is 2.14. The van der Waals surface area contributed by atoms with Crippen LogP contribution in [0, 0.1) is 0 Å². The van der Waals surface area contributed by atoms with Crippen molar-refractivity contribution in [3.63, 3.8) is 0 Å². The van der Waals surface area contributed by atoms with Crippen LogP contribution in [0.5, 0.6) is 11.5 Å². The number of benzene rings is 3. The highest BCUT2D eigenvalue weighted by atomic mass is 16.5. The summed E-state index contributed by atoms with van der Waals surface area (Å²) in [6.45, 7) is 4.51. The van der Waals surface area contributed by atoms with Gasteiger partial charge in [-0.1, -0.05) is 38.1 Å². The first-order valence-electron chi connectivity index (χ1n) is 11.5. The number of carbonyl (C=O) groups excluding carboxylic acids is 6. The summed E-state index contributed by atoms with van der Waals surface area (Å²) in [4.78, 5) is 74.4. The Bertz CT molecular complexity index is 1380. The molecule has 0 radical (unpaired) electrons. The fourth-order valence-corrected chi connectivity index (χ4v) is 3.59. The number of esters is 2. The average molecular weight is 501 g/mol. The van der Waals surface area contributed by atoms with Crippen molar-refractivity contribution in [2.24, 2.45) is 0 Å². The number of ketones is 3. The Morgan fingerprint density at radius 1 is 0.676 bits per heavy atom. The highest BCUT2D eigenvalue weighted by Crippen LogP contribution is 2.31. The van der Waals surface area contributed by atoms with Crippen molar-refractivity contribution in [1.29, 1.82) is 0 Å². The lowest BCUT2D eigenvalue weighted by molar-refractivity contribution is -0.134. The topological polar surface area (TPSA) is 121 Å². The van der Waals surface area contributed by atoms with Crippen molar-refractivity contribution < 1.29 is 38.2 Å². The number of rotatable bonds is 10. The van der Waals surface area contributed by atoms with Crippen LogP contribution < -0.4 is 9.47 Å². The first kappa shape index (κ1) is 26.9. The molecule has 188 valence electrons. The van der Waals surface area contributed by atoms with E-state index in [1.54, 1.807) is 13.8 Å². The van der Waals surface area contributed by atoms with Gasteiger partial charge in [-0.25, -0.2) is 0 Å². The lowest BCUT2D eigenvalue weighted by atomic mass is 9.89. The van der Waals surface area contributed by atoms with Crippen molar-refractivity contribution in [2.75, 3.05) is 0 Å². The van der Waals surface area contributed by atoms with E-state index in [9.17, 15) is 28.8 Å². The van der Waals surface area contributed by atoms with E-state index in [2.05, 4.69) is 0 Å². The van der Waals surface area contributed by atoms with Crippen molar-refractivity contribution in [2.45, 2.75) is 33.6 Å². The first-order valence-corrected chi connectivity index (χ1v) is 11.5. The van der Waals surface area contributed by atoms with Gasteiger partial charge in [-0.05, 0) is 36.4 Å². The SMILES string of the molecule is CCC(=O)Oc1ccc(C(=O)c2c(C=O)ccc(OC(C)=O)c2C(=O)c2ccc(C(=O)CC)cc2)cc1. The molecule has 0 aliphatic carbocycles. The fraction of sp³-hybridized carbons (Fsp3) is 0.172. The first-order chi connectivity index (χ1) is 17.7. The molecule has 3 aromatic carbocycles. The maximum Gasteiger partial charge on any atom is 0.310 e. The van der Waals surface area contributed by atoms with Crippen molar-refractivity contribution in [1.82, 2.24) is 0 Å². The molecule has 8 nitrogen and oxygen atoms in total. The molecule has 0 heterocycles. The summed E-state index contributed by atoms with van der Waals surface area (Å²) in [6, 6.07) is 14.0. The second kappa shape index (κ2) is 11.8. The van der Waals surface area contributed by atoms with Crippen LogP contribution in [0.4, 0.5) is 0 Å². The van der Waals surface area contributed by atoms with Crippen molar-refractivity contribution in [3.05, 3.63) is 94.0 Å². The standard InChI is InChI=1S/C29H24O8/c1-4-23(32)18-6-8-19(9-7-18)29(35)27-24(36-17(3)31)15-12-21(16-30)26(27)28(34)20-10-13-22(14-11-20)37-25(33)5-2/h6-16H,4-5H2,1-3H3. The quantitative estimate of drug-likeness (QED) is 0.169. The van der Waals surface area contributed by atoms with Crippen LogP contribution in [-0.2, 0) is 9.59 Å². The molecule has 0 N–H and O–H groups in total. The van der Waals surface area contributed by atoms with E-state index < -0.39 is 23.5 Å². The third-order valence-electron chi connectivity index (χ3n) is 5.46. The Kier molecular flexibility index (Phi) is 8.58. The van der Waals surface area contributed by atoms with Gasteiger partial charge in [0.25, 0.3) is 0 Å². The molecular formula is C29H24O8. The van der Waals surface area contributed by atoms with Crippen molar-refractivity contribution in [3.8, 4) is 11.5 Å². The van der Waals surface area contributed by atoms with Crippen LogP contribution in [0.25, 0.3) is 0 Å². The zero-order valence-corrected chi connectivity index (χ0v) is 20.5. The maximum absolute atomic E-state index is 13.6. The van der Waals surface area contributed by atoms with Gasteiger partial charge in [-0.3, -0.25) is 28.8 Å². The van der Waals surface area contributed by atoms with E-state index in [1.165, 1.54) is 60.7 Å². The zero-order chi connectivity index (χ0) is 27.1. The smallest absolute Gasteiger partial charge is 0.310 e. The molecule has 3 rings (SSSR count). The lowest BCUT2D eigenvalue weighted by Crippen LogP contribution is -2.17. The van der Waals surface area contributed by atoms with Crippen LogP contribution in [0.3, 0.4) is 0 Å². The Hall–Kier alpha value is -4.72. The Labute approximate surface area is 213 Å². The maximum atomic E-state index is 13.6. The lowest BCUT2D eigenvalue weighted by Gasteiger charge is -2.15. The van der Waals surface area contributed by atoms with Crippen LogP contribution in [0.1, 0.15) is 86.2 Å². The molecule has 8 heteroatoms. The third-order valence-corrected chi connectivity index (χ3v) is 5.46. The molecule has 0 aliphatic heterocycles. The van der Waals surface area contributed by atoms with Gasteiger partial charge in [0, 0.05) is 47.6 Å². The molecule has 0 bridgehead atoms. The number of Topliss-reactive ketones (excluding diaryl/α,β-unsaturated/α-hetero) is 1. The largest absolute Gasteiger partial charge is 0.427 e. The minimum Gasteiger partial charge on any atom is -0.427 e. The van der Waals surface area contributed by atoms with Crippen LogP contribution in [0.15, 0.2) is 60.7 Å². The summed E-state index contributed by atoms with van der Waals surface area (Å²) in [5.74, 6) is -2.59. The molecule has 0 amide bonds. The predicted octanol–water partition coefficient (Wildman–Crippen LogP) is 4.79. The summed E-state index contributed by atoms with van der Waals surface area (Å²) in [6.07, 6.45) is 0.897. The predicted molar refractivity (Wildman–Crippen MR) is 133 cm³/mol. The van der Waals surface area contributed by atoms with Crippen molar-refractivity contribution >= 4 is 35.6 Å². The van der Waals surface area contributed by atoms with E-state index in [0.717, 1.165) is 6.92 Å². The van der Waals surface area contributed by atoms with Crippen LogP contribution in [-0.4, -0.2) is 35.6 Å². The highest BCUT2D eigenvalue weighted by molar-refractivity contribution is 6.23. The summed E-state index contributed by atoms with van der Waals surface area (Å²) < 4.78 is 10.4. The number of hydrogen-bond acceptors (Lipinski definition) is 8. The van der Waals surface area contributed by atoms with Crippen LogP contribution >= 0.6 is 0 Å². The molecule has 0 saturated carbocycles. The molecule has 0 atom stereocenters. The normalized spacial score (nSPS) is 10.4. The summed E-state index contributed by atoms with van der Waals surface area (Å²) >= 11 is 0. The summed E-state index contributed by atoms with van der Waals surface area (Å²) in [5.41, 5.74) is 0.0634. The van der Waals surface area contributed by atoms with E-state index in [4.69, 9.17) is 9.47 Å². The highest BCUT2D eigenvalue weighted by Gasteiger charge is 2.28. The molecule has 0 spiro atoms. The minimum atomic E-state index is -0.725. The van der Waals surface area contributed by atoms with Gasteiger partial charge in [0.15, 0.2) is 23.6 Å². The number of ether oxygens (including phenoxy) is 2. The minimum absolute atomic E-state index is 0.0801. The number of carbonyl (C=O) groups is 6. The van der Waals surface area contributed by atoms with E-state index in [-0.39, 0.29) is 51.5 Å². The van der Waals surface area contributed by atoms with Gasteiger partial charge < -0.3 is 9.47 Å². The van der Waals surface area contributed by atoms with Gasteiger partial charge in [-0.15, -0.1) is 0 Å². The number of hydrogen-bond donors (Lipinski definition) is 0. The molecule has 0 saturated heterocycles. The second-order valence-corrected chi connectivity index (χ2v) is 7.98. The van der Waals surface area contributed by atoms with E-state index in [1.807, 2.05) is 0 Å². The van der Waals surface area contributed by atoms with Gasteiger partial charge in [0.05, 0.1) is 5.56 Å². The summed E-state index contributed by atoms with van der Waals surface area (Å²) in [7, 11) is 0. The third kappa shape index (κ3) is 6.10. The van der Waals surface area contributed by atoms with Gasteiger partial charge >= 0.3 is 11.9 Å². The Morgan fingerprint density at radius 3 is 1.73 bits per heavy atom. The van der Waals surface area contributed by atoms with Gasteiger partial charge in [0.2, 0.25) is 0 Å². The van der Waals surface area contributed by atoms with Gasteiger partial charge in [0.1, 0.15) is 11.5 Å². The average Bonchev–Trinajstić information content (AvgIpc) is 2.91. The summed E-state index contributed by atoms with van der Waals surface area (Å²) in [5, 5.41) is 0. The van der Waals surface area contributed by atoms with Crippen LogP contribution in [0.2, 0.25) is 0 Å². The van der Waals surface area contributed by atoms with E-state index in [0.29, 0.717) is 18.3 Å². The zero-order valence-electron chi connectivity index (χ0n) is 20.5. The number of aldehydes is 1. The fourth-order valence-electron chi connectivity index (χ4n) is 3.59. The molecular weight excluding hydrogens is 476 g/mol. The molecule has 0 unspecified atom stereocenters. The molecule has 0 aromatic heterocycles. The Morgan fingerprint density at radius 2 is 1.22 bits per heavy atom. The van der Waals surface area contributed by atoms with Gasteiger partial charge in [-0.2, -0.15) is 0 Å². The van der Waals surface area contributed by atoms with E-state index >= 15 is 0 Å². The molecule has 0 fully saturated rings. The molecule has 37 heavy (non-hydrogen) atoms. The monoisotopic (exact) mass is 500 g/mol. The second-order valence-electron chi connectivity index (χ2n) is 7.98. The molecule has 3 aromatic rings.